The van der Waals surface area contributed by atoms with Gasteiger partial charge in [-0.2, -0.15) is 0 Å². The number of nitrogens with one attached hydrogen (secondary N) is 1. The first-order chi connectivity index (χ1) is 10.1. The number of nitrogens with zero attached hydrogens (tertiary/aromatic N) is 1. The van der Waals surface area contributed by atoms with Gasteiger partial charge in [0, 0.05) is 30.8 Å². The molecule has 0 aliphatic heterocycles. The van der Waals surface area contributed by atoms with E-state index in [1.54, 1.807) is 31.3 Å². The SMILES string of the molecule is Cc1ccc(NC(=O)CCC(=O)c2cccnc2)c(F)c1. The van der Waals surface area contributed by atoms with Gasteiger partial charge < -0.3 is 5.32 Å². The Balaban J connectivity index is 1.89. The smallest absolute Gasteiger partial charge is 0.224 e. The minimum Gasteiger partial charge on any atom is -0.324 e. The van der Waals surface area contributed by atoms with Crippen molar-refractivity contribution in [1.82, 2.24) is 4.98 Å². The first-order valence-corrected chi connectivity index (χ1v) is 6.55. The summed E-state index contributed by atoms with van der Waals surface area (Å²) >= 11 is 0. The Labute approximate surface area is 122 Å². The lowest BCUT2D eigenvalue weighted by Crippen LogP contribution is -2.14. The molecule has 0 bridgehead atoms. The zero-order valence-corrected chi connectivity index (χ0v) is 11.6. The molecule has 0 atom stereocenters. The van der Waals surface area contributed by atoms with Crippen LogP contribution < -0.4 is 5.32 Å². The molecule has 1 heterocycles. The molecule has 5 heteroatoms. The van der Waals surface area contributed by atoms with E-state index in [0.717, 1.165) is 5.56 Å². The fourth-order valence-corrected chi connectivity index (χ4v) is 1.83. The molecular weight excluding hydrogens is 271 g/mol. The van der Waals surface area contributed by atoms with E-state index in [2.05, 4.69) is 10.3 Å². The number of ketones is 1. The molecule has 1 aromatic heterocycles. The van der Waals surface area contributed by atoms with Crippen molar-refractivity contribution in [3.63, 3.8) is 0 Å². The van der Waals surface area contributed by atoms with Crippen molar-refractivity contribution in [2.75, 3.05) is 5.32 Å². The zero-order valence-electron chi connectivity index (χ0n) is 11.6. The summed E-state index contributed by atoms with van der Waals surface area (Å²) in [5, 5.41) is 2.46. The summed E-state index contributed by atoms with van der Waals surface area (Å²) in [6.07, 6.45) is 3.09. The third-order valence-electron chi connectivity index (χ3n) is 2.96. The van der Waals surface area contributed by atoms with Crippen molar-refractivity contribution in [2.24, 2.45) is 0 Å². The van der Waals surface area contributed by atoms with Crippen molar-refractivity contribution in [3.05, 3.63) is 59.7 Å². The number of anilines is 1. The molecule has 0 saturated heterocycles. The first kappa shape index (κ1) is 14.8. The minimum atomic E-state index is -0.484. The minimum absolute atomic E-state index is 0.00104. The van der Waals surface area contributed by atoms with Crippen LogP contribution in [-0.2, 0) is 4.79 Å². The maximum absolute atomic E-state index is 13.6. The number of halogens is 1. The first-order valence-electron chi connectivity index (χ1n) is 6.55. The Morgan fingerprint density at radius 1 is 1.24 bits per heavy atom. The average Bonchev–Trinajstić information content (AvgIpc) is 2.48. The van der Waals surface area contributed by atoms with Crippen LogP contribution in [-0.4, -0.2) is 16.7 Å². The van der Waals surface area contributed by atoms with E-state index in [4.69, 9.17) is 0 Å². The summed E-state index contributed by atoms with van der Waals surface area (Å²) in [4.78, 5) is 27.4. The maximum Gasteiger partial charge on any atom is 0.224 e. The molecular formula is C16H15FN2O2. The number of carbonyl (C=O) groups excluding carboxylic acids is 2. The van der Waals surface area contributed by atoms with Crippen LogP contribution in [0.5, 0.6) is 0 Å². The van der Waals surface area contributed by atoms with E-state index in [1.165, 1.54) is 18.3 Å². The predicted octanol–water partition coefficient (Wildman–Crippen LogP) is 3.13. The molecule has 21 heavy (non-hydrogen) atoms. The maximum atomic E-state index is 13.6. The monoisotopic (exact) mass is 286 g/mol. The molecule has 1 amide bonds. The van der Waals surface area contributed by atoms with Crippen molar-refractivity contribution < 1.29 is 14.0 Å². The van der Waals surface area contributed by atoms with Crippen LogP contribution in [0.25, 0.3) is 0 Å². The largest absolute Gasteiger partial charge is 0.324 e. The number of hydrogen-bond donors (Lipinski definition) is 1. The summed E-state index contributed by atoms with van der Waals surface area (Å²) in [5.41, 5.74) is 1.36. The Hall–Kier alpha value is -2.56. The number of rotatable bonds is 5. The van der Waals surface area contributed by atoms with E-state index >= 15 is 0 Å². The van der Waals surface area contributed by atoms with E-state index in [1.807, 2.05) is 0 Å². The van der Waals surface area contributed by atoms with Crippen LogP contribution in [0.1, 0.15) is 28.8 Å². The highest BCUT2D eigenvalue weighted by Gasteiger charge is 2.11. The van der Waals surface area contributed by atoms with E-state index in [0.29, 0.717) is 5.56 Å². The molecule has 0 saturated carbocycles. The molecule has 108 valence electrons. The third kappa shape index (κ3) is 4.21. The van der Waals surface area contributed by atoms with E-state index < -0.39 is 11.7 Å². The van der Waals surface area contributed by atoms with Gasteiger partial charge in [0.2, 0.25) is 5.91 Å². The zero-order chi connectivity index (χ0) is 15.2. The molecule has 0 aliphatic rings. The van der Waals surface area contributed by atoms with Gasteiger partial charge in [-0.3, -0.25) is 14.6 Å². The number of aryl methyl sites for hydroxylation is 1. The molecule has 0 fully saturated rings. The lowest BCUT2D eigenvalue weighted by atomic mass is 10.1. The Bertz CT molecular complexity index is 657. The molecule has 0 unspecified atom stereocenters. The fraction of sp³-hybridized carbons (Fsp3) is 0.188. The van der Waals surface area contributed by atoms with Crippen molar-refractivity contribution in [3.8, 4) is 0 Å². The molecule has 1 aromatic carbocycles. The van der Waals surface area contributed by atoms with Gasteiger partial charge in [0.15, 0.2) is 5.78 Å². The summed E-state index contributed by atoms with van der Waals surface area (Å²) in [5.74, 6) is -1.04. The topological polar surface area (TPSA) is 59.1 Å². The van der Waals surface area contributed by atoms with Crippen molar-refractivity contribution in [2.45, 2.75) is 19.8 Å². The number of hydrogen-bond acceptors (Lipinski definition) is 3. The highest BCUT2D eigenvalue weighted by molar-refractivity contribution is 5.99. The van der Waals surface area contributed by atoms with Crippen LogP contribution in [0, 0.1) is 12.7 Å². The molecule has 2 rings (SSSR count). The number of Topliss-reactive ketones (excluding diaryl/α,β-unsaturated/α-hetero) is 1. The number of pyridine rings is 1. The van der Waals surface area contributed by atoms with Crippen LogP contribution in [0.15, 0.2) is 42.7 Å². The fourth-order valence-electron chi connectivity index (χ4n) is 1.83. The van der Waals surface area contributed by atoms with Crippen LogP contribution in [0.4, 0.5) is 10.1 Å². The number of amides is 1. The summed E-state index contributed by atoms with van der Waals surface area (Å²) in [7, 11) is 0. The summed E-state index contributed by atoms with van der Waals surface area (Å²) in [6, 6.07) is 7.86. The highest BCUT2D eigenvalue weighted by Crippen LogP contribution is 2.15. The van der Waals surface area contributed by atoms with Gasteiger partial charge in [-0.25, -0.2) is 4.39 Å². The molecule has 2 aromatic rings. The lowest BCUT2D eigenvalue weighted by Gasteiger charge is -2.06. The van der Waals surface area contributed by atoms with Crippen LogP contribution in [0.2, 0.25) is 0 Å². The van der Waals surface area contributed by atoms with Gasteiger partial charge in [-0.1, -0.05) is 6.07 Å². The predicted molar refractivity (Wildman–Crippen MR) is 77.6 cm³/mol. The second kappa shape index (κ2) is 6.74. The van der Waals surface area contributed by atoms with Gasteiger partial charge in [0.1, 0.15) is 5.82 Å². The molecule has 1 N–H and O–H groups in total. The van der Waals surface area contributed by atoms with E-state index in [-0.39, 0.29) is 24.3 Å². The Kier molecular flexibility index (Phi) is 4.77. The number of aromatic nitrogens is 1. The van der Waals surface area contributed by atoms with E-state index in [9.17, 15) is 14.0 Å². The van der Waals surface area contributed by atoms with Crippen LogP contribution >= 0.6 is 0 Å². The number of carbonyl (C=O) groups is 2. The normalized spacial score (nSPS) is 10.2. The third-order valence-corrected chi connectivity index (χ3v) is 2.96. The molecule has 4 nitrogen and oxygen atoms in total. The summed E-state index contributed by atoms with van der Waals surface area (Å²) < 4.78 is 13.6. The van der Waals surface area contributed by atoms with Gasteiger partial charge in [-0.15, -0.1) is 0 Å². The Morgan fingerprint density at radius 3 is 2.71 bits per heavy atom. The quantitative estimate of drug-likeness (QED) is 0.859. The van der Waals surface area contributed by atoms with Gasteiger partial charge in [0.05, 0.1) is 5.69 Å². The van der Waals surface area contributed by atoms with Gasteiger partial charge in [-0.05, 0) is 36.8 Å². The number of benzene rings is 1. The van der Waals surface area contributed by atoms with Gasteiger partial charge >= 0.3 is 0 Å². The van der Waals surface area contributed by atoms with Crippen molar-refractivity contribution in [1.29, 1.82) is 0 Å². The molecule has 0 aliphatic carbocycles. The van der Waals surface area contributed by atoms with Crippen LogP contribution in [0.3, 0.4) is 0 Å². The highest BCUT2D eigenvalue weighted by atomic mass is 19.1. The van der Waals surface area contributed by atoms with Crippen molar-refractivity contribution >= 4 is 17.4 Å². The average molecular weight is 286 g/mol. The Morgan fingerprint density at radius 2 is 2.05 bits per heavy atom. The van der Waals surface area contributed by atoms with Gasteiger partial charge in [0.25, 0.3) is 0 Å². The standard InChI is InChI=1S/C16H15FN2O2/c1-11-4-5-14(13(17)9-11)19-16(21)7-6-15(20)12-3-2-8-18-10-12/h2-5,8-10H,6-7H2,1H3,(H,19,21). The molecule has 0 spiro atoms. The molecule has 0 radical (unpaired) electrons. The second-order valence-corrected chi connectivity index (χ2v) is 4.70. The summed E-state index contributed by atoms with van der Waals surface area (Å²) in [6.45, 7) is 1.77. The second-order valence-electron chi connectivity index (χ2n) is 4.70. The lowest BCUT2D eigenvalue weighted by molar-refractivity contribution is -0.116.